The molecule has 0 aromatic heterocycles. The SMILES string of the molecule is CC(OC(=O)CC1Sc2ccccc2NC1=O)C(=O)NC(C)c1ccc(F)cc1. The Morgan fingerprint density at radius 3 is 2.59 bits per heavy atom. The molecule has 6 nitrogen and oxygen atoms in total. The highest BCUT2D eigenvalue weighted by Gasteiger charge is 2.30. The number of rotatable bonds is 6. The molecule has 0 radical (unpaired) electrons. The number of nitrogens with one attached hydrogen (secondary N) is 2. The van der Waals surface area contributed by atoms with Crippen LogP contribution in [0.15, 0.2) is 53.4 Å². The Morgan fingerprint density at radius 2 is 1.86 bits per heavy atom. The van der Waals surface area contributed by atoms with E-state index in [0.29, 0.717) is 0 Å². The van der Waals surface area contributed by atoms with E-state index in [-0.39, 0.29) is 24.2 Å². The Labute approximate surface area is 172 Å². The number of benzene rings is 2. The normalized spacial score (nSPS) is 17.5. The number of carbonyl (C=O) groups excluding carboxylic acids is 3. The summed E-state index contributed by atoms with van der Waals surface area (Å²) in [4.78, 5) is 37.6. The molecule has 1 aliphatic heterocycles. The molecule has 2 aromatic rings. The fourth-order valence-corrected chi connectivity index (χ4v) is 3.94. The first kappa shape index (κ1) is 20.9. The standard InChI is InChI=1S/C21H21FN2O4S/c1-12(14-7-9-15(22)10-8-14)23-20(26)13(2)28-19(25)11-18-21(27)24-16-5-3-4-6-17(16)29-18/h3-10,12-13,18H,11H2,1-2H3,(H,23,26)(H,24,27). The number of halogens is 1. The van der Waals surface area contributed by atoms with Crippen molar-refractivity contribution in [2.45, 2.75) is 42.6 Å². The van der Waals surface area contributed by atoms with Crippen molar-refractivity contribution in [1.29, 1.82) is 0 Å². The number of fused-ring (bicyclic) bond motifs is 1. The number of ether oxygens (including phenoxy) is 1. The van der Waals surface area contributed by atoms with Crippen molar-refractivity contribution in [3.63, 3.8) is 0 Å². The highest BCUT2D eigenvalue weighted by Crippen LogP contribution is 2.36. The summed E-state index contributed by atoms with van der Waals surface area (Å²) in [5.41, 5.74) is 1.45. The van der Waals surface area contributed by atoms with E-state index in [1.165, 1.54) is 30.8 Å². The summed E-state index contributed by atoms with van der Waals surface area (Å²) < 4.78 is 18.2. The third-order valence-electron chi connectivity index (χ3n) is 4.46. The van der Waals surface area contributed by atoms with Gasteiger partial charge in [0, 0.05) is 4.90 Å². The van der Waals surface area contributed by atoms with Crippen LogP contribution >= 0.6 is 11.8 Å². The Hall–Kier alpha value is -2.87. The van der Waals surface area contributed by atoms with Gasteiger partial charge in [-0.3, -0.25) is 14.4 Å². The summed E-state index contributed by atoms with van der Waals surface area (Å²) in [6.07, 6.45) is -1.16. The first-order valence-electron chi connectivity index (χ1n) is 9.15. The number of para-hydroxylation sites is 1. The van der Waals surface area contributed by atoms with E-state index in [1.54, 1.807) is 25.1 Å². The summed E-state index contributed by atoms with van der Waals surface area (Å²) in [5, 5.41) is 4.87. The zero-order valence-corrected chi connectivity index (χ0v) is 16.8. The summed E-state index contributed by atoms with van der Waals surface area (Å²) in [5.74, 6) is -1.73. The van der Waals surface area contributed by atoms with Crippen LogP contribution in [-0.4, -0.2) is 29.1 Å². The molecule has 2 amide bonds. The largest absolute Gasteiger partial charge is 0.453 e. The van der Waals surface area contributed by atoms with Gasteiger partial charge in [0.25, 0.3) is 5.91 Å². The topological polar surface area (TPSA) is 84.5 Å². The van der Waals surface area contributed by atoms with Gasteiger partial charge in [0.05, 0.1) is 23.4 Å². The monoisotopic (exact) mass is 416 g/mol. The highest BCUT2D eigenvalue weighted by molar-refractivity contribution is 8.01. The van der Waals surface area contributed by atoms with E-state index in [0.717, 1.165) is 16.1 Å². The van der Waals surface area contributed by atoms with Crippen molar-refractivity contribution in [3.05, 3.63) is 59.9 Å². The van der Waals surface area contributed by atoms with Gasteiger partial charge in [-0.25, -0.2) is 4.39 Å². The van der Waals surface area contributed by atoms with E-state index < -0.39 is 23.2 Å². The molecular weight excluding hydrogens is 395 g/mol. The van der Waals surface area contributed by atoms with Gasteiger partial charge < -0.3 is 15.4 Å². The minimum Gasteiger partial charge on any atom is -0.453 e. The second kappa shape index (κ2) is 9.09. The smallest absolute Gasteiger partial charge is 0.308 e. The van der Waals surface area contributed by atoms with Crippen LogP contribution < -0.4 is 10.6 Å². The molecule has 1 aliphatic rings. The summed E-state index contributed by atoms with van der Waals surface area (Å²) in [6.45, 7) is 3.22. The summed E-state index contributed by atoms with van der Waals surface area (Å²) >= 11 is 1.29. The van der Waals surface area contributed by atoms with Crippen molar-refractivity contribution in [2.24, 2.45) is 0 Å². The van der Waals surface area contributed by atoms with Gasteiger partial charge in [-0.05, 0) is 43.7 Å². The maximum atomic E-state index is 13.0. The molecule has 2 aromatic carbocycles. The van der Waals surface area contributed by atoms with Crippen LogP contribution in [0, 0.1) is 5.82 Å². The van der Waals surface area contributed by atoms with Crippen molar-refractivity contribution in [2.75, 3.05) is 5.32 Å². The fraction of sp³-hybridized carbons (Fsp3) is 0.286. The zero-order valence-electron chi connectivity index (χ0n) is 16.0. The first-order valence-corrected chi connectivity index (χ1v) is 10.0. The zero-order chi connectivity index (χ0) is 21.0. The number of thioether (sulfide) groups is 1. The molecule has 0 bridgehead atoms. The third kappa shape index (κ3) is 5.35. The Balaban J connectivity index is 1.51. The van der Waals surface area contributed by atoms with Crippen LogP contribution in [0.25, 0.3) is 0 Å². The molecule has 3 atom stereocenters. The lowest BCUT2D eigenvalue weighted by molar-refractivity contribution is -0.155. The van der Waals surface area contributed by atoms with Crippen LogP contribution in [0.2, 0.25) is 0 Å². The quantitative estimate of drug-likeness (QED) is 0.705. The molecule has 0 saturated carbocycles. The molecular formula is C21H21FN2O4S. The number of anilines is 1. The average Bonchev–Trinajstić information content (AvgIpc) is 2.68. The molecule has 1 heterocycles. The lowest BCUT2D eigenvalue weighted by Gasteiger charge is -2.24. The molecule has 3 rings (SSSR count). The van der Waals surface area contributed by atoms with Gasteiger partial charge in [0.1, 0.15) is 5.82 Å². The van der Waals surface area contributed by atoms with Gasteiger partial charge in [0.15, 0.2) is 6.10 Å². The molecule has 0 fully saturated rings. The molecule has 3 unspecified atom stereocenters. The minimum absolute atomic E-state index is 0.143. The molecule has 8 heteroatoms. The second-order valence-corrected chi connectivity index (χ2v) is 7.95. The first-order chi connectivity index (χ1) is 13.8. The molecule has 0 spiro atoms. The lowest BCUT2D eigenvalue weighted by atomic mass is 10.1. The van der Waals surface area contributed by atoms with Gasteiger partial charge in [-0.15, -0.1) is 11.8 Å². The van der Waals surface area contributed by atoms with E-state index in [1.807, 2.05) is 18.2 Å². The highest BCUT2D eigenvalue weighted by atomic mass is 32.2. The summed E-state index contributed by atoms with van der Waals surface area (Å²) in [7, 11) is 0. The number of carbonyl (C=O) groups is 3. The Bertz CT molecular complexity index is 919. The maximum Gasteiger partial charge on any atom is 0.308 e. The number of hydrogen-bond donors (Lipinski definition) is 2. The van der Waals surface area contributed by atoms with Crippen LogP contribution in [0.4, 0.5) is 10.1 Å². The minimum atomic E-state index is -1.02. The third-order valence-corrected chi connectivity index (χ3v) is 5.74. The lowest BCUT2D eigenvalue weighted by Crippen LogP contribution is -2.38. The Kier molecular flexibility index (Phi) is 6.53. The molecule has 152 valence electrons. The van der Waals surface area contributed by atoms with Crippen molar-refractivity contribution in [1.82, 2.24) is 5.32 Å². The van der Waals surface area contributed by atoms with Gasteiger partial charge >= 0.3 is 5.97 Å². The molecule has 0 saturated heterocycles. The molecule has 0 aliphatic carbocycles. The van der Waals surface area contributed by atoms with Gasteiger partial charge in [-0.2, -0.15) is 0 Å². The Morgan fingerprint density at radius 1 is 1.17 bits per heavy atom. The van der Waals surface area contributed by atoms with Gasteiger partial charge in [0.2, 0.25) is 5.91 Å². The molecule has 29 heavy (non-hydrogen) atoms. The van der Waals surface area contributed by atoms with E-state index in [2.05, 4.69) is 10.6 Å². The van der Waals surface area contributed by atoms with E-state index >= 15 is 0 Å². The predicted molar refractivity (Wildman–Crippen MR) is 108 cm³/mol. The van der Waals surface area contributed by atoms with Crippen molar-refractivity contribution >= 4 is 35.2 Å². The number of amides is 2. The van der Waals surface area contributed by atoms with Crippen LogP contribution in [0.3, 0.4) is 0 Å². The van der Waals surface area contributed by atoms with E-state index in [9.17, 15) is 18.8 Å². The van der Waals surface area contributed by atoms with Crippen molar-refractivity contribution in [3.8, 4) is 0 Å². The van der Waals surface area contributed by atoms with Crippen LogP contribution in [0.5, 0.6) is 0 Å². The fourth-order valence-electron chi connectivity index (χ4n) is 2.84. The molecule has 2 N–H and O–H groups in total. The predicted octanol–water partition coefficient (Wildman–Crippen LogP) is 3.44. The van der Waals surface area contributed by atoms with Gasteiger partial charge in [-0.1, -0.05) is 24.3 Å². The maximum absolute atomic E-state index is 13.0. The summed E-state index contributed by atoms with van der Waals surface area (Å²) in [6, 6.07) is 12.7. The average molecular weight is 416 g/mol. The number of hydrogen-bond acceptors (Lipinski definition) is 5. The van der Waals surface area contributed by atoms with Crippen LogP contribution in [-0.2, 0) is 19.1 Å². The number of esters is 1. The second-order valence-electron chi connectivity index (χ2n) is 6.71. The van der Waals surface area contributed by atoms with Crippen LogP contribution in [0.1, 0.15) is 31.9 Å². The van der Waals surface area contributed by atoms with E-state index in [4.69, 9.17) is 4.74 Å². The van der Waals surface area contributed by atoms with Crippen molar-refractivity contribution < 1.29 is 23.5 Å².